The van der Waals surface area contributed by atoms with Crippen molar-refractivity contribution in [2.24, 2.45) is 7.05 Å². The fourth-order valence-corrected chi connectivity index (χ4v) is 4.26. The summed E-state index contributed by atoms with van der Waals surface area (Å²) in [5, 5.41) is 0.579. The maximum Gasteiger partial charge on any atom is 0.324 e. The molecule has 1 aliphatic heterocycles. The number of aromatic nitrogens is 3. The van der Waals surface area contributed by atoms with E-state index in [0.717, 1.165) is 5.56 Å². The van der Waals surface area contributed by atoms with Gasteiger partial charge in [-0.2, -0.15) is 0 Å². The van der Waals surface area contributed by atoms with Crippen molar-refractivity contribution in [3.63, 3.8) is 0 Å². The molecule has 0 radical (unpaired) electrons. The first kappa shape index (κ1) is 19.9. The molecule has 4 aromatic rings. The van der Waals surface area contributed by atoms with Crippen LogP contribution in [-0.4, -0.2) is 39.1 Å². The summed E-state index contributed by atoms with van der Waals surface area (Å²) in [6.45, 7) is 0.328. The summed E-state index contributed by atoms with van der Waals surface area (Å²) in [5.41, 5.74) is 8.82. The summed E-state index contributed by atoms with van der Waals surface area (Å²) in [5.74, 6) is -0.554. The van der Waals surface area contributed by atoms with Crippen molar-refractivity contribution in [3.8, 4) is 11.1 Å². The standard InChI is InChI=1S/C23H20F2N6O/c1-29-10-17(20-21(26)27-12-28-22(20)29)16-8-7-15(9-18(16)25)31-11-19(30(2)23(31)32)13-3-5-14(24)6-4-13/h3-10,12,19H,11H2,1-2H3,(H2,26,27,28). The van der Waals surface area contributed by atoms with Crippen LogP contribution in [0, 0.1) is 11.6 Å². The molecule has 9 heteroatoms. The largest absolute Gasteiger partial charge is 0.383 e. The van der Waals surface area contributed by atoms with Gasteiger partial charge in [0.05, 0.1) is 18.0 Å². The molecule has 2 aromatic heterocycles. The van der Waals surface area contributed by atoms with E-state index in [0.29, 0.717) is 34.4 Å². The van der Waals surface area contributed by atoms with Crippen molar-refractivity contribution in [1.82, 2.24) is 19.4 Å². The molecule has 2 N–H and O–H groups in total. The van der Waals surface area contributed by atoms with Gasteiger partial charge in [-0.15, -0.1) is 0 Å². The van der Waals surface area contributed by atoms with Crippen molar-refractivity contribution < 1.29 is 13.6 Å². The Morgan fingerprint density at radius 3 is 2.50 bits per heavy atom. The Balaban J connectivity index is 1.50. The Labute approximate surface area is 182 Å². The number of halogens is 2. The lowest BCUT2D eigenvalue weighted by Gasteiger charge is -2.17. The number of nitrogen functional groups attached to an aromatic ring is 1. The van der Waals surface area contributed by atoms with Gasteiger partial charge in [-0.3, -0.25) is 4.90 Å². The molecule has 1 saturated heterocycles. The zero-order valence-corrected chi connectivity index (χ0v) is 17.5. The number of carbonyl (C=O) groups is 1. The van der Waals surface area contributed by atoms with Crippen molar-refractivity contribution in [2.45, 2.75) is 6.04 Å². The lowest BCUT2D eigenvalue weighted by Crippen LogP contribution is -2.29. The highest BCUT2D eigenvalue weighted by molar-refractivity contribution is 6.01. The highest BCUT2D eigenvalue weighted by atomic mass is 19.1. The second kappa shape index (κ2) is 7.30. The van der Waals surface area contributed by atoms with Gasteiger partial charge < -0.3 is 15.2 Å². The van der Waals surface area contributed by atoms with Crippen LogP contribution >= 0.6 is 0 Å². The summed E-state index contributed by atoms with van der Waals surface area (Å²) in [6.07, 6.45) is 3.13. The number of amides is 2. The number of likely N-dealkylation sites (N-methyl/N-ethyl adjacent to an activating group) is 1. The zero-order chi connectivity index (χ0) is 22.6. The molecule has 3 heterocycles. The molecule has 0 spiro atoms. The molecule has 2 amide bonds. The molecule has 7 nitrogen and oxygen atoms in total. The lowest BCUT2D eigenvalue weighted by atomic mass is 10.0. The number of nitrogens with two attached hydrogens (primary N) is 1. The summed E-state index contributed by atoms with van der Waals surface area (Å²) in [4.78, 5) is 24.2. The first-order valence-corrected chi connectivity index (χ1v) is 10.0. The average Bonchev–Trinajstić information content (AvgIpc) is 3.27. The number of nitrogens with zero attached hydrogens (tertiary/aromatic N) is 5. The van der Waals surface area contributed by atoms with E-state index >= 15 is 4.39 Å². The van der Waals surface area contributed by atoms with E-state index in [1.807, 2.05) is 0 Å². The third-order valence-corrected chi connectivity index (χ3v) is 5.95. The van der Waals surface area contributed by atoms with Gasteiger partial charge >= 0.3 is 6.03 Å². The van der Waals surface area contributed by atoms with Gasteiger partial charge in [0.1, 0.15) is 29.4 Å². The fourth-order valence-electron chi connectivity index (χ4n) is 4.26. The Kier molecular flexibility index (Phi) is 4.54. The number of carbonyl (C=O) groups excluding carboxylic acids is 1. The third kappa shape index (κ3) is 3.05. The Hall–Kier alpha value is -4.01. The first-order valence-electron chi connectivity index (χ1n) is 10.0. The quantitative estimate of drug-likeness (QED) is 0.526. The molecule has 162 valence electrons. The van der Waals surface area contributed by atoms with Crippen LogP contribution in [0.3, 0.4) is 0 Å². The van der Waals surface area contributed by atoms with Crippen molar-refractivity contribution in [3.05, 3.63) is 72.2 Å². The number of hydrogen-bond donors (Lipinski definition) is 1. The predicted octanol–water partition coefficient (Wildman–Crippen LogP) is 4.11. The van der Waals surface area contributed by atoms with Gasteiger partial charge in [-0.25, -0.2) is 23.5 Å². The van der Waals surface area contributed by atoms with E-state index in [1.54, 1.807) is 54.0 Å². The molecular formula is C23H20F2N6O. The minimum atomic E-state index is -0.487. The fraction of sp³-hybridized carbons (Fsp3) is 0.174. The van der Waals surface area contributed by atoms with Crippen LogP contribution in [0.15, 0.2) is 55.0 Å². The number of urea groups is 1. The average molecular weight is 434 g/mol. The number of fused-ring (bicyclic) bond motifs is 1. The second-order valence-electron chi connectivity index (χ2n) is 7.85. The smallest absolute Gasteiger partial charge is 0.324 e. The summed E-state index contributed by atoms with van der Waals surface area (Å²) in [6, 6.07) is 10.2. The molecule has 32 heavy (non-hydrogen) atoms. The van der Waals surface area contributed by atoms with Gasteiger partial charge in [0.25, 0.3) is 0 Å². The summed E-state index contributed by atoms with van der Waals surface area (Å²) < 4.78 is 30.3. The summed E-state index contributed by atoms with van der Waals surface area (Å²) in [7, 11) is 3.48. The Morgan fingerprint density at radius 2 is 1.78 bits per heavy atom. The second-order valence-corrected chi connectivity index (χ2v) is 7.85. The SMILES string of the molecule is CN1C(=O)N(c2ccc(-c3cn(C)c4ncnc(N)c34)c(F)c2)CC1c1ccc(F)cc1. The molecular weight excluding hydrogens is 414 g/mol. The van der Waals surface area contributed by atoms with E-state index in [-0.39, 0.29) is 23.7 Å². The molecule has 1 unspecified atom stereocenters. The van der Waals surface area contributed by atoms with Crippen LogP contribution in [-0.2, 0) is 7.05 Å². The molecule has 5 rings (SSSR count). The van der Waals surface area contributed by atoms with E-state index < -0.39 is 5.82 Å². The van der Waals surface area contributed by atoms with Crippen LogP contribution in [0.1, 0.15) is 11.6 Å². The predicted molar refractivity (Wildman–Crippen MR) is 118 cm³/mol. The molecule has 0 bridgehead atoms. The van der Waals surface area contributed by atoms with Crippen molar-refractivity contribution in [2.75, 3.05) is 24.2 Å². The van der Waals surface area contributed by atoms with Crippen LogP contribution in [0.5, 0.6) is 0 Å². The van der Waals surface area contributed by atoms with Gasteiger partial charge in [0, 0.05) is 37.1 Å². The maximum absolute atomic E-state index is 15.3. The Bertz CT molecular complexity index is 1350. The minimum absolute atomic E-state index is 0.255. The molecule has 1 fully saturated rings. The van der Waals surface area contributed by atoms with Crippen LogP contribution < -0.4 is 10.6 Å². The molecule has 2 aromatic carbocycles. The van der Waals surface area contributed by atoms with Crippen LogP contribution in [0.25, 0.3) is 22.2 Å². The highest BCUT2D eigenvalue weighted by Gasteiger charge is 2.36. The maximum atomic E-state index is 15.3. The zero-order valence-electron chi connectivity index (χ0n) is 17.5. The summed E-state index contributed by atoms with van der Waals surface area (Å²) >= 11 is 0. The first-order chi connectivity index (χ1) is 15.3. The van der Waals surface area contributed by atoms with E-state index in [2.05, 4.69) is 9.97 Å². The van der Waals surface area contributed by atoms with E-state index in [4.69, 9.17) is 5.73 Å². The third-order valence-electron chi connectivity index (χ3n) is 5.95. The topological polar surface area (TPSA) is 80.3 Å². The Morgan fingerprint density at radius 1 is 1.03 bits per heavy atom. The van der Waals surface area contributed by atoms with Crippen molar-refractivity contribution in [1.29, 1.82) is 0 Å². The van der Waals surface area contributed by atoms with E-state index in [1.165, 1.54) is 29.4 Å². The molecule has 1 aliphatic rings. The number of hydrogen-bond acceptors (Lipinski definition) is 4. The van der Waals surface area contributed by atoms with Gasteiger partial charge in [0.2, 0.25) is 0 Å². The van der Waals surface area contributed by atoms with Crippen LogP contribution in [0.4, 0.5) is 25.1 Å². The number of aryl methyl sites for hydroxylation is 1. The van der Waals surface area contributed by atoms with Crippen LogP contribution in [0.2, 0.25) is 0 Å². The monoisotopic (exact) mass is 434 g/mol. The minimum Gasteiger partial charge on any atom is -0.383 e. The highest BCUT2D eigenvalue weighted by Crippen LogP contribution is 2.37. The van der Waals surface area contributed by atoms with Gasteiger partial charge in [-0.05, 0) is 35.9 Å². The molecule has 0 aliphatic carbocycles. The molecule has 1 atom stereocenters. The van der Waals surface area contributed by atoms with Gasteiger partial charge in [0.15, 0.2) is 0 Å². The van der Waals surface area contributed by atoms with Gasteiger partial charge in [-0.1, -0.05) is 12.1 Å². The van der Waals surface area contributed by atoms with E-state index in [9.17, 15) is 9.18 Å². The number of anilines is 2. The lowest BCUT2D eigenvalue weighted by molar-refractivity contribution is 0.219. The number of rotatable bonds is 3. The van der Waals surface area contributed by atoms with Crippen molar-refractivity contribution >= 4 is 28.6 Å². The number of benzene rings is 2. The molecule has 0 saturated carbocycles. The normalized spacial score (nSPS) is 16.4.